The molecule has 0 bridgehead atoms. The molecule has 3 rings (SSSR count). The van der Waals surface area contributed by atoms with Crippen molar-refractivity contribution in [2.75, 3.05) is 6.61 Å². The predicted octanol–water partition coefficient (Wildman–Crippen LogP) is 2.62. The fourth-order valence-electron chi connectivity index (χ4n) is 3.21. The Bertz CT molecular complexity index is 407. The lowest BCUT2D eigenvalue weighted by atomic mass is 9.90. The second-order valence-electron chi connectivity index (χ2n) is 5.56. The van der Waals surface area contributed by atoms with Gasteiger partial charge in [0.05, 0.1) is 11.8 Å². The van der Waals surface area contributed by atoms with Crippen molar-refractivity contribution in [2.24, 2.45) is 0 Å². The van der Waals surface area contributed by atoms with Crippen molar-refractivity contribution in [2.45, 2.75) is 57.2 Å². The van der Waals surface area contributed by atoms with E-state index in [-0.39, 0.29) is 0 Å². The summed E-state index contributed by atoms with van der Waals surface area (Å²) in [5, 5.41) is 3.80. The van der Waals surface area contributed by atoms with E-state index in [9.17, 15) is 0 Å². The van der Waals surface area contributed by atoms with Crippen LogP contribution in [0.15, 0.2) is 18.3 Å². The van der Waals surface area contributed by atoms with E-state index in [1.165, 1.54) is 30.5 Å². The highest BCUT2D eigenvalue weighted by Gasteiger charge is 2.26. The molecule has 18 heavy (non-hydrogen) atoms. The first-order valence-electron chi connectivity index (χ1n) is 7.14. The maximum atomic E-state index is 5.61. The van der Waals surface area contributed by atoms with Crippen LogP contribution in [0.1, 0.15) is 49.9 Å². The van der Waals surface area contributed by atoms with Crippen molar-refractivity contribution < 1.29 is 4.74 Å². The molecule has 0 amide bonds. The van der Waals surface area contributed by atoms with E-state index in [1.807, 2.05) is 6.20 Å². The van der Waals surface area contributed by atoms with Gasteiger partial charge in [-0.05, 0) is 50.7 Å². The first-order chi connectivity index (χ1) is 8.83. The number of aromatic nitrogens is 1. The zero-order valence-electron chi connectivity index (χ0n) is 11.1. The summed E-state index contributed by atoms with van der Waals surface area (Å²) in [6, 6.07) is 5.32. The molecule has 1 aliphatic carbocycles. The average Bonchev–Trinajstić information content (AvgIpc) is 2.39. The number of hydrogen-bond acceptors (Lipinski definition) is 3. The van der Waals surface area contributed by atoms with Crippen LogP contribution < -0.4 is 5.32 Å². The molecule has 0 aromatic carbocycles. The van der Waals surface area contributed by atoms with Crippen LogP contribution in [0.2, 0.25) is 0 Å². The minimum Gasteiger partial charge on any atom is -0.378 e. The van der Waals surface area contributed by atoms with Crippen LogP contribution in [0.25, 0.3) is 0 Å². The van der Waals surface area contributed by atoms with Gasteiger partial charge in [-0.25, -0.2) is 0 Å². The van der Waals surface area contributed by atoms with Crippen LogP contribution in [0.4, 0.5) is 0 Å². The predicted molar refractivity (Wildman–Crippen MR) is 71.5 cm³/mol. The molecule has 3 heteroatoms. The molecule has 1 aliphatic heterocycles. The molecule has 0 saturated carbocycles. The van der Waals surface area contributed by atoms with E-state index in [0.29, 0.717) is 18.2 Å². The van der Waals surface area contributed by atoms with Gasteiger partial charge >= 0.3 is 0 Å². The quantitative estimate of drug-likeness (QED) is 0.871. The van der Waals surface area contributed by atoms with Crippen LogP contribution in [0.5, 0.6) is 0 Å². The summed E-state index contributed by atoms with van der Waals surface area (Å²) in [6.07, 6.45) is 8.24. The number of nitrogens with one attached hydrogen (secondary N) is 1. The maximum absolute atomic E-state index is 5.61. The van der Waals surface area contributed by atoms with Crippen molar-refractivity contribution in [1.82, 2.24) is 10.3 Å². The Kier molecular flexibility index (Phi) is 3.62. The topological polar surface area (TPSA) is 34.2 Å². The van der Waals surface area contributed by atoms with Crippen LogP contribution in [0.3, 0.4) is 0 Å². The highest BCUT2D eigenvalue weighted by atomic mass is 16.5. The van der Waals surface area contributed by atoms with Gasteiger partial charge in [-0.1, -0.05) is 6.07 Å². The third-order valence-corrected chi connectivity index (χ3v) is 4.12. The fourth-order valence-corrected chi connectivity index (χ4v) is 3.21. The SMILES string of the molecule is CC1CC(NC2CCCc3cccnc32)CCO1. The Morgan fingerprint density at radius 1 is 1.39 bits per heavy atom. The first kappa shape index (κ1) is 12.1. The lowest BCUT2D eigenvalue weighted by molar-refractivity contribution is 0.0107. The van der Waals surface area contributed by atoms with Gasteiger partial charge in [0.15, 0.2) is 0 Å². The van der Waals surface area contributed by atoms with Crippen LogP contribution in [-0.4, -0.2) is 23.7 Å². The second-order valence-corrected chi connectivity index (χ2v) is 5.56. The molecule has 1 aromatic rings. The van der Waals surface area contributed by atoms with Crippen LogP contribution >= 0.6 is 0 Å². The van der Waals surface area contributed by atoms with E-state index in [1.54, 1.807) is 0 Å². The minimum atomic E-state index is 0.392. The van der Waals surface area contributed by atoms with Crippen LogP contribution in [-0.2, 0) is 11.2 Å². The number of aryl methyl sites for hydroxylation is 1. The summed E-state index contributed by atoms with van der Waals surface area (Å²) >= 11 is 0. The number of ether oxygens (including phenoxy) is 1. The highest BCUT2D eigenvalue weighted by Crippen LogP contribution is 2.29. The van der Waals surface area contributed by atoms with Crippen molar-refractivity contribution in [3.05, 3.63) is 29.6 Å². The molecule has 3 atom stereocenters. The summed E-state index contributed by atoms with van der Waals surface area (Å²) in [5.74, 6) is 0. The van der Waals surface area contributed by atoms with E-state index in [2.05, 4.69) is 29.4 Å². The van der Waals surface area contributed by atoms with E-state index in [0.717, 1.165) is 19.4 Å². The first-order valence-corrected chi connectivity index (χ1v) is 7.14. The molecule has 1 saturated heterocycles. The van der Waals surface area contributed by atoms with Gasteiger partial charge in [0.1, 0.15) is 0 Å². The van der Waals surface area contributed by atoms with Crippen molar-refractivity contribution in [3.8, 4) is 0 Å². The molecule has 2 heterocycles. The molecule has 0 radical (unpaired) electrons. The Morgan fingerprint density at radius 3 is 3.22 bits per heavy atom. The van der Waals surface area contributed by atoms with Gasteiger partial charge in [0.2, 0.25) is 0 Å². The summed E-state index contributed by atoms with van der Waals surface area (Å²) in [6.45, 7) is 3.06. The number of nitrogens with zero attached hydrogens (tertiary/aromatic N) is 1. The zero-order chi connectivity index (χ0) is 12.4. The normalized spacial score (nSPS) is 31.9. The lowest BCUT2D eigenvalue weighted by Gasteiger charge is -2.33. The molecule has 3 nitrogen and oxygen atoms in total. The smallest absolute Gasteiger partial charge is 0.0605 e. The summed E-state index contributed by atoms with van der Waals surface area (Å²) < 4.78 is 5.61. The highest BCUT2D eigenvalue weighted by molar-refractivity contribution is 5.25. The molecule has 2 aliphatic rings. The molecule has 1 N–H and O–H groups in total. The minimum absolute atomic E-state index is 0.392. The largest absolute Gasteiger partial charge is 0.378 e. The van der Waals surface area contributed by atoms with Crippen molar-refractivity contribution in [1.29, 1.82) is 0 Å². The molecular formula is C15H22N2O. The Balaban J connectivity index is 1.70. The molecule has 3 unspecified atom stereocenters. The number of fused-ring (bicyclic) bond motifs is 1. The van der Waals surface area contributed by atoms with Gasteiger partial charge < -0.3 is 10.1 Å². The van der Waals surface area contributed by atoms with Gasteiger partial charge in [-0.3, -0.25) is 4.98 Å². The number of pyridine rings is 1. The van der Waals surface area contributed by atoms with Crippen molar-refractivity contribution in [3.63, 3.8) is 0 Å². The maximum Gasteiger partial charge on any atom is 0.0605 e. The van der Waals surface area contributed by atoms with Crippen molar-refractivity contribution >= 4 is 0 Å². The molecule has 98 valence electrons. The summed E-state index contributed by atoms with van der Waals surface area (Å²) in [4.78, 5) is 4.59. The molecule has 0 spiro atoms. The standard InChI is InChI=1S/C15H22N2O/c1-11-10-13(7-9-18-11)17-14-6-2-4-12-5-3-8-16-15(12)14/h3,5,8,11,13-14,17H,2,4,6-7,9-10H2,1H3. The average molecular weight is 246 g/mol. The van der Waals surface area contributed by atoms with E-state index in [4.69, 9.17) is 4.74 Å². The molecule has 1 fully saturated rings. The van der Waals surface area contributed by atoms with Crippen LogP contribution in [0, 0.1) is 0 Å². The van der Waals surface area contributed by atoms with E-state index >= 15 is 0 Å². The Labute approximate surface area is 109 Å². The third kappa shape index (κ3) is 2.57. The van der Waals surface area contributed by atoms with Gasteiger partial charge in [-0.15, -0.1) is 0 Å². The van der Waals surface area contributed by atoms with Gasteiger partial charge in [0.25, 0.3) is 0 Å². The third-order valence-electron chi connectivity index (χ3n) is 4.12. The van der Waals surface area contributed by atoms with Gasteiger partial charge in [-0.2, -0.15) is 0 Å². The summed E-state index contributed by atoms with van der Waals surface area (Å²) in [7, 11) is 0. The Hall–Kier alpha value is -0.930. The lowest BCUT2D eigenvalue weighted by Crippen LogP contribution is -2.41. The second kappa shape index (κ2) is 5.37. The monoisotopic (exact) mass is 246 g/mol. The number of rotatable bonds is 2. The van der Waals surface area contributed by atoms with E-state index < -0.39 is 0 Å². The number of hydrogen-bond donors (Lipinski definition) is 1. The zero-order valence-corrected chi connectivity index (χ0v) is 11.1. The Morgan fingerprint density at radius 2 is 2.33 bits per heavy atom. The van der Waals surface area contributed by atoms with Gasteiger partial charge in [0, 0.05) is 24.9 Å². The summed E-state index contributed by atoms with van der Waals surface area (Å²) in [5.41, 5.74) is 2.71. The molecule has 1 aromatic heterocycles. The molecular weight excluding hydrogens is 224 g/mol. The fraction of sp³-hybridized carbons (Fsp3) is 0.667.